The molecule has 1 aromatic rings. The molecule has 0 aliphatic heterocycles. The molecule has 1 rings (SSSR count). The smallest absolute Gasteiger partial charge is 0.336 e. The van der Waals surface area contributed by atoms with Crippen LogP contribution in [0.1, 0.15) is 34.6 Å². The number of carboxylic acids is 1. The Balaban J connectivity index is 2.96. The molecule has 0 heterocycles. The van der Waals surface area contributed by atoms with Gasteiger partial charge in [0.2, 0.25) is 0 Å². The molecular formula is C13H17NO4S. The second kappa shape index (κ2) is 5.97. The van der Waals surface area contributed by atoms with Gasteiger partial charge in [0.25, 0.3) is 5.91 Å². The minimum Gasteiger partial charge on any atom is -0.478 e. The average Bonchev–Trinajstić information content (AvgIpc) is 2.26. The van der Waals surface area contributed by atoms with E-state index in [1.54, 1.807) is 32.2 Å². The number of hydrogen-bond donors (Lipinski definition) is 2. The Kier molecular flexibility index (Phi) is 4.83. The molecule has 0 spiro atoms. The molecule has 6 heteroatoms. The van der Waals surface area contributed by atoms with Crippen molar-refractivity contribution in [3.05, 3.63) is 35.4 Å². The number of carbonyl (C=O) groups excluding carboxylic acids is 1. The first-order valence-electron chi connectivity index (χ1n) is 5.68. The van der Waals surface area contributed by atoms with E-state index in [1.807, 2.05) is 0 Å². The molecule has 0 bridgehead atoms. The van der Waals surface area contributed by atoms with Gasteiger partial charge in [-0.05, 0) is 26.0 Å². The lowest BCUT2D eigenvalue weighted by atomic mass is 10.0. The number of aromatic carboxylic acids is 1. The summed E-state index contributed by atoms with van der Waals surface area (Å²) in [7, 11) is -1.05. The fourth-order valence-corrected chi connectivity index (χ4v) is 2.88. The number of carbonyl (C=O) groups is 2. The van der Waals surface area contributed by atoms with Crippen LogP contribution in [0.5, 0.6) is 0 Å². The second-order valence-electron chi connectivity index (χ2n) is 4.91. The van der Waals surface area contributed by atoms with Crippen LogP contribution < -0.4 is 5.32 Å². The second-order valence-corrected chi connectivity index (χ2v) is 6.34. The molecule has 0 aliphatic carbocycles. The van der Waals surface area contributed by atoms with E-state index < -0.39 is 28.2 Å². The van der Waals surface area contributed by atoms with Gasteiger partial charge in [-0.25, -0.2) is 4.79 Å². The zero-order valence-electron chi connectivity index (χ0n) is 11.1. The van der Waals surface area contributed by atoms with Crippen molar-refractivity contribution in [1.82, 2.24) is 5.32 Å². The quantitative estimate of drug-likeness (QED) is 0.852. The monoisotopic (exact) mass is 283 g/mol. The minimum atomic E-state index is -1.15. The van der Waals surface area contributed by atoms with Crippen molar-refractivity contribution < 1.29 is 18.9 Å². The van der Waals surface area contributed by atoms with E-state index in [9.17, 15) is 13.8 Å². The highest BCUT2D eigenvalue weighted by Crippen LogP contribution is 2.11. The molecule has 0 radical (unpaired) electrons. The summed E-state index contributed by atoms with van der Waals surface area (Å²) in [6, 6.07) is 6.00. The van der Waals surface area contributed by atoms with Gasteiger partial charge in [0.15, 0.2) is 0 Å². The zero-order valence-corrected chi connectivity index (χ0v) is 11.9. The third kappa shape index (κ3) is 4.48. The summed E-state index contributed by atoms with van der Waals surface area (Å²) in [5.41, 5.74) is -0.610. The zero-order chi connectivity index (χ0) is 14.6. The van der Waals surface area contributed by atoms with Gasteiger partial charge in [-0.2, -0.15) is 0 Å². The summed E-state index contributed by atoms with van der Waals surface area (Å²) in [5, 5.41) is 11.7. The molecule has 0 saturated heterocycles. The third-order valence-corrected chi connectivity index (χ3v) is 3.55. The highest BCUT2D eigenvalue weighted by molar-refractivity contribution is 7.84. The van der Waals surface area contributed by atoms with Gasteiger partial charge in [0.05, 0.1) is 11.1 Å². The van der Waals surface area contributed by atoms with Gasteiger partial charge < -0.3 is 10.4 Å². The third-order valence-electron chi connectivity index (χ3n) is 2.42. The lowest BCUT2D eigenvalue weighted by Crippen LogP contribution is -2.47. The van der Waals surface area contributed by atoms with Crippen LogP contribution in [0, 0.1) is 0 Å². The van der Waals surface area contributed by atoms with Gasteiger partial charge in [0.1, 0.15) is 0 Å². The molecule has 19 heavy (non-hydrogen) atoms. The number of carboxylic acid groups (broad SMARTS) is 1. The maximum absolute atomic E-state index is 12.1. The predicted octanol–water partition coefficient (Wildman–Crippen LogP) is 1.27. The van der Waals surface area contributed by atoms with Gasteiger partial charge in [-0.15, -0.1) is 0 Å². The van der Waals surface area contributed by atoms with Crippen molar-refractivity contribution >= 4 is 22.7 Å². The number of benzene rings is 1. The Morgan fingerprint density at radius 3 is 2.26 bits per heavy atom. The molecule has 2 N–H and O–H groups in total. The first-order chi connectivity index (χ1) is 8.73. The highest BCUT2D eigenvalue weighted by Gasteiger charge is 2.24. The van der Waals surface area contributed by atoms with Gasteiger partial charge in [-0.1, -0.05) is 12.1 Å². The van der Waals surface area contributed by atoms with Crippen LogP contribution in [0.4, 0.5) is 0 Å². The van der Waals surface area contributed by atoms with Gasteiger partial charge in [-0.3, -0.25) is 9.00 Å². The molecular weight excluding hydrogens is 266 g/mol. The highest BCUT2D eigenvalue weighted by atomic mass is 32.2. The maximum atomic E-state index is 12.1. The fraction of sp³-hybridized carbons (Fsp3) is 0.385. The number of nitrogens with one attached hydrogen (secondary N) is 1. The summed E-state index contributed by atoms with van der Waals surface area (Å²) in [6.45, 7) is 3.49. The SMILES string of the molecule is CS(=O)CC(C)(C)NC(=O)c1ccccc1C(=O)O. The average molecular weight is 283 g/mol. The Morgan fingerprint density at radius 2 is 1.79 bits per heavy atom. The first-order valence-corrected chi connectivity index (χ1v) is 7.40. The number of hydrogen-bond acceptors (Lipinski definition) is 3. The number of rotatable bonds is 5. The van der Waals surface area contributed by atoms with Crippen molar-refractivity contribution in [2.75, 3.05) is 12.0 Å². The number of amides is 1. The molecule has 5 nitrogen and oxygen atoms in total. The standard InChI is InChI=1S/C13H17NO4S/c1-13(2,8-19(3)18)14-11(15)9-6-4-5-7-10(9)12(16)17/h4-7H,8H2,1-3H3,(H,14,15)(H,16,17). The van der Waals surface area contributed by atoms with E-state index in [1.165, 1.54) is 12.1 Å². The van der Waals surface area contributed by atoms with Crippen molar-refractivity contribution in [1.29, 1.82) is 0 Å². The van der Waals surface area contributed by atoms with Crippen LogP contribution in [0.3, 0.4) is 0 Å². The van der Waals surface area contributed by atoms with Crippen LogP contribution in [-0.4, -0.2) is 38.7 Å². The van der Waals surface area contributed by atoms with Crippen LogP contribution in [0.25, 0.3) is 0 Å². The Hall–Kier alpha value is -1.69. The molecule has 0 saturated carbocycles. The van der Waals surface area contributed by atoms with E-state index in [-0.39, 0.29) is 11.1 Å². The van der Waals surface area contributed by atoms with Gasteiger partial charge in [0, 0.05) is 28.3 Å². The molecule has 1 unspecified atom stereocenters. The molecule has 0 fully saturated rings. The molecule has 1 atom stereocenters. The molecule has 1 aromatic carbocycles. The van der Waals surface area contributed by atoms with Crippen LogP contribution in [0.2, 0.25) is 0 Å². The van der Waals surface area contributed by atoms with E-state index in [2.05, 4.69) is 5.32 Å². The summed E-state index contributed by atoms with van der Waals surface area (Å²) < 4.78 is 11.2. The topological polar surface area (TPSA) is 83.5 Å². The van der Waals surface area contributed by atoms with Crippen molar-refractivity contribution in [2.45, 2.75) is 19.4 Å². The summed E-state index contributed by atoms with van der Waals surface area (Å²) in [6.07, 6.45) is 1.55. The van der Waals surface area contributed by atoms with Crippen molar-refractivity contribution in [3.8, 4) is 0 Å². The van der Waals surface area contributed by atoms with Gasteiger partial charge >= 0.3 is 5.97 Å². The maximum Gasteiger partial charge on any atom is 0.336 e. The molecule has 0 aliphatic rings. The minimum absolute atomic E-state index is 0.0478. The van der Waals surface area contributed by atoms with Crippen LogP contribution in [-0.2, 0) is 10.8 Å². The lowest BCUT2D eigenvalue weighted by Gasteiger charge is -2.25. The van der Waals surface area contributed by atoms with E-state index in [0.717, 1.165) is 0 Å². The van der Waals surface area contributed by atoms with Crippen LogP contribution in [0.15, 0.2) is 24.3 Å². The van der Waals surface area contributed by atoms with Crippen molar-refractivity contribution in [2.24, 2.45) is 0 Å². The normalized spacial score (nSPS) is 12.8. The summed E-state index contributed by atoms with van der Waals surface area (Å²) in [4.78, 5) is 23.1. The predicted molar refractivity (Wildman–Crippen MR) is 73.9 cm³/mol. The molecule has 0 aromatic heterocycles. The van der Waals surface area contributed by atoms with E-state index in [4.69, 9.17) is 5.11 Å². The summed E-state index contributed by atoms with van der Waals surface area (Å²) in [5.74, 6) is -1.33. The Morgan fingerprint density at radius 1 is 1.26 bits per heavy atom. The van der Waals surface area contributed by atoms with E-state index in [0.29, 0.717) is 5.75 Å². The lowest BCUT2D eigenvalue weighted by molar-refractivity contribution is 0.0689. The first kappa shape index (κ1) is 15.4. The fourth-order valence-electron chi connectivity index (χ4n) is 1.79. The van der Waals surface area contributed by atoms with Crippen LogP contribution >= 0.6 is 0 Å². The Bertz CT molecular complexity index is 525. The molecule has 104 valence electrons. The van der Waals surface area contributed by atoms with E-state index >= 15 is 0 Å². The molecule has 1 amide bonds. The largest absolute Gasteiger partial charge is 0.478 e. The Labute approximate surface area is 114 Å². The van der Waals surface area contributed by atoms with Crippen molar-refractivity contribution in [3.63, 3.8) is 0 Å². The summed E-state index contributed by atoms with van der Waals surface area (Å²) >= 11 is 0.